The van der Waals surface area contributed by atoms with Gasteiger partial charge in [0.2, 0.25) is 0 Å². The van der Waals surface area contributed by atoms with E-state index in [9.17, 15) is 4.79 Å². The number of rotatable bonds is 9. The van der Waals surface area contributed by atoms with Gasteiger partial charge in [0.1, 0.15) is 23.0 Å². The van der Waals surface area contributed by atoms with Crippen LogP contribution in [0.3, 0.4) is 0 Å². The van der Waals surface area contributed by atoms with Gasteiger partial charge in [0.25, 0.3) is 5.91 Å². The molecule has 1 aromatic carbocycles. The van der Waals surface area contributed by atoms with E-state index < -0.39 is 0 Å². The van der Waals surface area contributed by atoms with Crippen LogP contribution in [0.15, 0.2) is 54.9 Å². The predicted octanol–water partition coefficient (Wildman–Crippen LogP) is 3.24. The average Bonchev–Trinajstić information content (AvgIpc) is 2.82. The predicted molar refractivity (Wildman–Crippen MR) is 129 cm³/mol. The fraction of sp³-hybridized carbons (Fsp3) is 0.261. The van der Waals surface area contributed by atoms with Crippen LogP contribution in [0.4, 0.5) is 22.9 Å². The number of hydrogen-bond donors (Lipinski definition) is 3. The molecule has 9 nitrogen and oxygen atoms in total. The minimum Gasteiger partial charge on any atom is -0.457 e. The Morgan fingerprint density at radius 2 is 1.78 bits per heavy atom. The van der Waals surface area contributed by atoms with E-state index in [0.717, 1.165) is 22.9 Å². The fourth-order valence-corrected chi connectivity index (χ4v) is 3.02. The SMILES string of the molecule is CNC(=O)c1cc(Oc2ccc(N(C)CNc3ccc(N(C)C)nc3)c(NC)c2)ccn1. The van der Waals surface area contributed by atoms with Crippen LogP contribution in [-0.2, 0) is 0 Å². The van der Waals surface area contributed by atoms with E-state index >= 15 is 0 Å². The second-order valence-electron chi connectivity index (χ2n) is 7.32. The van der Waals surface area contributed by atoms with Crippen molar-refractivity contribution in [2.24, 2.45) is 0 Å². The normalized spacial score (nSPS) is 10.3. The molecule has 2 aromatic heterocycles. The van der Waals surface area contributed by atoms with Crippen LogP contribution in [0.5, 0.6) is 11.5 Å². The number of carbonyl (C=O) groups excluding carboxylic acids is 1. The number of nitrogens with one attached hydrogen (secondary N) is 3. The highest BCUT2D eigenvalue weighted by atomic mass is 16.5. The van der Waals surface area contributed by atoms with Crippen molar-refractivity contribution in [3.05, 3.63) is 60.6 Å². The zero-order chi connectivity index (χ0) is 23.1. The Labute approximate surface area is 188 Å². The van der Waals surface area contributed by atoms with Crippen molar-refractivity contribution in [1.82, 2.24) is 15.3 Å². The third-order valence-corrected chi connectivity index (χ3v) is 4.80. The summed E-state index contributed by atoms with van der Waals surface area (Å²) in [5, 5.41) is 9.15. The molecule has 9 heteroatoms. The van der Waals surface area contributed by atoms with Crippen molar-refractivity contribution >= 4 is 28.8 Å². The van der Waals surface area contributed by atoms with Crippen LogP contribution < -0.4 is 30.5 Å². The first kappa shape index (κ1) is 22.7. The van der Waals surface area contributed by atoms with Crippen LogP contribution in [0.2, 0.25) is 0 Å². The molecule has 0 aliphatic heterocycles. The number of anilines is 4. The van der Waals surface area contributed by atoms with E-state index in [2.05, 4.69) is 30.8 Å². The lowest BCUT2D eigenvalue weighted by molar-refractivity contribution is 0.0958. The number of nitrogens with zero attached hydrogens (tertiary/aromatic N) is 4. The zero-order valence-corrected chi connectivity index (χ0v) is 19.0. The number of ether oxygens (including phenoxy) is 1. The maximum atomic E-state index is 11.8. The largest absolute Gasteiger partial charge is 0.457 e. The average molecular weight is 436 g/mol. The summed E-state index contributed by atoms with van der Waals surface area (Å²) in [4.78, 5) is 24.3. The molecule has 3 N–H and O–H groups in total. The first-order chi connectivity index (χ1) is 15.4. The minimum atomic E-state index is -0.262. The Hall–Kier alpha value is -4.01. The Bertz CT molecular complexity index is 1050. The molecular formula is C23H29N7O2. The van der Waals surface area contributed by atoms with Gasteiger partial charge >= 0.3 is 0 Å². The first-order valence-electron chi connectivity index (χ1n) is 10.2. The molecule has 0 radical (unpaired) electrons. The van der Waals surface area contributed by atoms with Gasteiger partial charge < -0.3 is 30.5 Å². The topological polar surface area (TPSA) is 94.7 Å². The second-order valence-corrected chi connectivity index (χ2v) is 7.32. The summed E-state index contributed by atoms with van der Waals surface area (Å²) < 4.78 is 5.94. The lowest BCUT2D eigenvalue weighted by Gasteiger charge is -2.24. The van der Waals surface area contributed by atoms with Crippen LogP contribution in [0.1, 0.15) is 10.5 Å². The first-order valence-corrected chi connectivity index (χ1v) is 10.2. The van der Waals surface area contributed by atoms with E-state index in [1.54, 1.807) is 25.4 Å². The number of benzene rings is 1. The molecule has 0 unspecified atom stereocenters. The molecule has 0 aliphatic carbocycles. The van der Waals surface area contributed by atoms with Crippen LogP contribution in [0, 0.1) is 0 Å². The van der Waals surface area contributed by atoms with Gasteiger partial charge in [0.05, 0.1) is 29.9 Å². The van der Waals surface area contributed by atoms with Crippen molar-refractivity contribution < 1.29 is 9.53 Å². The van der Waals surface area contributed by atoms with Gasteiger partial charge in [-0.15, -0.1) is 0 Å². The van der Waals surface area contributed by atoms with Crippen LogP contribution in [0.25, 0.3) is 0 Å². The van der Waals surface area contributed by atoms with Gasteiger partial charge in [-0.05, 0) is 30.3 Å². The minimum absolute atomic E-state index is 0.262. The molecule has 2 heterocycles. The molecule has 1 amide bonds. The Balaban J connectivity index is 1.68. The molecule has 3 rings (SSSR count). The monoisotopic (exact) mass is 435 g/mol. The maximum absolute atomic E-state index is 11.8. The van der Waals surface area contributed by atoms with Gasteiger partial charge in [0.15, 0.2) is 0 Å². The van der Waals surface area contributed by atoms with Crippen LogP contribution >= 0.6 is 0 Å². The van der Waals surface area contributed by atoms with E-state index in [1.165, 1.54) is 0 Å². The molecule has 0 spiro atoms. The highest BCUT2D eigenvalue weighted by Crippen LogP contribution is 2.32. The van der Waals surface area contributed by atoms with Crippen LogP contribution in [-0.4, -0.2) is 57.8 Å². The molecule has 0 saturated carbocycles. The summed E-state index contributed by atoms with van der Waals surface area (Å²) in [6.45, 7) is 0.595. The molecular weight excluding hydrogens is 406 g/mol. The summed E-state index contributed by atoms with van der Waals surface area (Å²) >= 11 is 0. The highest BCUT2D eigenvalue weighted by molar-refractivity contribution is 5.92. The molecule has 0 bridgehead atoms. The lowest BCUT2D eigenvalue weighted by atomic mass is 10.2. The quantitative estimate of drug-likeness (QED) is 0.441. The van der Waals surface area contributed by atoms with Gasteiger partial charge in [-0.3, -0.25) is 9.78 Å². The van der Waals surface area contributed by atoms with Crippen molar-refractivity contribution in [1.29, 1.82) is 0 Å². The molecule has 0 aliphatic rings. The van der Waals surface area contributed by atoms with E-state index in [4.69, 9.17) is 4.74 Å². The number of amides is 1. The molecule has 32 heavy (non-hydrogen) atoms. The van der Waals surface area contributed by atoms with Crippen molar-refractivity contribution in [2.75, 3.05) is 62.3 Å². The van der Waals surface area contributed by atoms with Gasteiger partial charge in [0, 0.05) is 53.6 Å². The van der Waals surface area contributed by atoms with E-state index in [-0.39, 0.29) is 5.91 Å². The number of hydrogen-bond acceptors (Lipinski definition) is 8. The van der Waals surface area contributed by atoms with E-state index in [0.29, 0.717) is 23.9 Å². The molecule has 0 atom stereocenters. The van der Waals surface area contributed by atoms with Gasteiger partial charge in [-0.2, -0.15) is 0 Å². The summed E-state index contributed by atoms with van der Waals surface area (Å²) in [5.74, 6) is 1.84. The van der Waals surface area contributed by atoms with E-state index in [1.807, 2.05) is 69.6 Å². The maximum Gasteiger partial charge on any atom is 0.269 e. The van der Waals surface area contributed by atoms with Gasteiger partial charge in [-0.1, -0.05) is 0 Å². The Morgan fingerprint density at radius 1 is 1.00 bits per heavy atom. The third kappa shape index (κ3) is 5.57. The Kier molecular flexibility index (Phi) is 7.33. The summed E-state index contributed by atoms with van der Waals surface area (Å²) in [6, 6.07) is 13.1. The molecule has 3 aromatic rings. The highest BCUT2D eigenvalue weighted by Gasteiger charge is 2.11. The summed E-state index contributed by atoms with van der Waals surface area (Å²) in [5.41, 5.74) is 3.16. The Morgan fingerprint density at radius 3 is 2.44 bits per heavy atom. The smallest absolute Gasteiger partial charge is 0.269 e. The zero-order valence-electron chi connectivity index (χ0n) is 19.0. The molecule has 0 saturated heterocycles. The molecule has 0 fully saturated rings. The van der Waals surface area contributed by atoms with Crippen molar-refractivity contribution in [2.45, 2.75) is 0 Å². The van der Waals surface area contributed by atoms with Gasteiger partial charge in [-0.25, -0.2) is 4.98 Å². The second kappa shape index (κ2) is 10.3. The summed E-state index contributed by atoms with van der Waals surface area (Å²) in [7, 11) is 9.36. The van der Waals surface area contributed by atoms with Crippen molar-refractivity contribution in [3.8, 4) is 11.5 Å². The number of pyridine rings is 2. The number of aromatic nitrogens is 2. The van der Waals surface area contributed by atoms with Crippen molar-refractivity contribution in [3.63, 3.8) is 0 Å². The number of carbonyl (C=O) groups is 1. The molecule has 168 valence electrons. The standard InChI is InChI=1S/C23H29N7O2/c1-24-19-12-17(32-18-10-11-26-20(13-18)23(31)25-2)7-8-21(19)30(5)15-28-16-6-9-22(27-14-16)29(3)4/h6-14,24,28H,15H2,1-5H3,(H,25,31). The summed E-state index contributed by atoms with van der Waals surface area (Å²) in [6.07, 6.45) is 3.37. The lowest BCUT2D eigenvalue weighted by Crippen LogP contribution is -2.25. The third-order valence-electron chi connectivity index (χ3n) is 4.80. The fourth-order valence-electron chi connectivity index (χ4n) is 3.02.